The predicted molar refractivity (Wildman–Crippen MR) is 159 cm³/mol. The number of nitrogens with one attached hydrogen (secondary N) is 1. The number of methoxy groups -OCH3 is 1. The van der Waals surface area contributed by atoms with Crippen molar-refractivity contribution in [1.29, 1.82) is 0 Å². The molecular weight excluding hydrogens is 557 g/mol. The second kappa shape index (κ2) is 12.4. The number of urea groups is 1. The summed E-state index contributed by atoms with van der Waals surface area (Å²) < 4.78 is 48.4. The second-order valence-electron chi connectivity index (χ2n) is 9.81. The third-order valence-electron chi connectivity index (χ3n) is 7.12. The zero-order valence-corrected chi connectivity index (χ0v) is 23.5. The molecule has 0 bridgehead atoms. The first-order valence-corrected chi connectivity index (χ1v) is 13.7. The Balaban J connectivity index is 1.71. The third kappa shape index (κ3) is 6.08. The Morgan fingerprint density at radius 1 is 0.930 bits per heavy atom. The Bertz CT molecular complexity index is 1810. The van der Waals surface area contributed by atoms with Crippen molar-refractivity contribution < 1.29 is 22.7 Å². The highest BCUT2D eigenvalue weighted by Gasteiger charge is 2.35. The van der Waals surface area contributed by atoms with E-state index in [0.29, 0.717) is 28.8 Å². The van der Waals surface area contributed by atoms with E-state index in [4.69, 9.17) is 9.72 Å². The fraction of sp³-hybridized carbons (Fsp3) is 0.182. The molecule has 1 aromatic heterocycles. The Morgan fingerprint density at radius 3 is 2.30 bits per heavy atom. The number of benzene rings is 4. The van der Waals surface area contributed by atoms with Crippen molar-refractivity contribution in [2.24, 2.45) is 0 Å². The molecule has 5 rings (SSSR count). The van der Waals surface area contributed by atoms with Crippen LogP contribution in [0.4, 0.5) is 23.7 Å². The number of alkyl halides is 3. The summed E-state index contributed by atoms with van der Waals surface area (Å²) in [6.07, 6.45) is -4.39. The molecule has 0 spiro atoms. The van der Waals surface area contributed by atoms with E-state index in [1.165, 1.54) is 34.8 Å². The fourth-order valence-electron chi connectivity index (χ4n) is 5.09. The largest absolute Gasteiger partial charge is 0.495 e. The number of amides is 2. The van der Waals surface area contributed by atoms with Gasteiger partial charge in [-0.05, 0) is 48.4 Å². The first-order chi connectivity index (χ1) is 20.7. The van der Waals surface area contributed by atoms with Crippen LogP contribution in [0.3, 0.4) is 0 Å². The lowest BCUT2D eigenvalue weighted by Gasteiger charge is -2.33. The number of hydrogen-bond donors (Lipinski definition) is 1. The van der Waals surface area contributed by atoms with Crippen LogP contribution in [0.1, 0.15) is 36.3 Å². The molecule has 1 unspecified atom stereocenters. The molecule has 0 aliphatic rings. The van der Waals surface area contributed by atoms with Crippen molar-refractivity contribution in [2.45, 2.75) is 32.1 Å². The van der Waals surface area contributed by atoms with Crippen LogP contribution in [0.5, 0.6) is 5.75 Å². The average Bonchev–Trinajstić information content (AvgIpc) is 3.01. The lowest BCUT2D eigenvalue weighted by atomic mass is 10.1. The number of fused-ring (bicyclic) bond motifs is 1. The van der Waals surface area contributed by atoms with E-state index in [1.54, 1.807) is 48.5 Å². The van der Waals surface area contributed by atoms with E-state index < -0.39 is 23.8 Å². The van der Waals surface area contributed by atoms with Crippen LogP contribution >= 0.6 is 0 Å². The van der Waals surface area contributed by atoms with Crippen LogP contribution in [-0.4, -0.2) is 27.6 Å². The van der Waals surface area contributed by atoms with Gasteiger partial charge in [-0.2, -0.15) is 13.2 Å². The molecule has 0 aliphatic carbocycles. The Morgan fingerprint density at radius 2 is 1.58 bits per heavy atom. The van der Waals surface area contributed by atoms with E-state index in [9.17, 15) is 22.8 Å². The summed E-state index contributed by atoms with van der Waals surface area (Å²) in [7, 11) is 1.49. The van der Waals surface area contributed by atoms with E-state index in [0.717, 1.165) is 11.6 Å². The van der Waals surface area contributed by atoms with Crippen LogP contribution < -0.4 is 15.6 Å². The lowest BCUT2D eigenvalue weighted by molar-refractivity contribution is -0.136. The molecule has 1 atom stereocenters. The van der Waals surface area contributed by atoms with Gasteiger partial charge in [0, 0.05) is 6.54 Å². The highest BCUT2D eigenvalue weighted by molar-refractivity contribution is 5.90. The van der Waals surface area contributed by atoms with Crippen LogP contribution in [0.25, 0.3) is 16.6 Å². The summed E-state index contributed by atoms with van der Waals surface area (Å²) in [5.41, 5.74) is -0.121. The number of hydrogen-bond acceptors (Lipinski definition) is 4. The maximum atomic E-state index is 14.1. The number of anilines is 1. The number of para-hydroxylation sites is 4. The monoisotopic (exact) mass is 586 g/mol. The third-order valence-corrected chi connectivity index (χ3v) is 7.12. The number of carbonyl (C=O) groups is 1. The zero-order chi connectivity index (χ0) is 30.6. The Kier molecular flexibility index (Phi) is 8.47. The van der Waals surface area contributed by atoms with Gasteiger partial charge in [-0.15, -0.1) is 0 Å². The Labute approximate surface area is 246 Å². The van der Waals surface area contributed by atoms with E-state index in [2.05, 4.69) is 5.32 Å². The molecule has 0 saturated carbocycles. The number of nitrogens with zero attached hydrogens (tertiary/aromatic N) is 3. The molecule has 220 valence electrons. The van der Waals surface area contributed by atoms with Crippen molar-refractivity contribution in [2.75, 3.05) is 12.4 Å². The van der Waals surface area contributed by atoms with Gasteiger partial charge < -0.3 is 15.0 Å². The van der Waals surface area contributed by atoms with Gasteiger partial charge in [0.15, 0.2) is 0 Å². The number of aromatic nitrogens is 2. The predicted octanol–water partition coefficient (Wildman–Crippen LogP) is 7.60. The van der Waals surface area contributed by atoms with Gasteiger partial charge in [0.1, 0.15) is 11.6 Å². The molecule has 1 heterocycles. The molecular formula is C33H29F3N4O3. The summed E-state index contributed by atoms with van der Waals surface area (Å²) >= 11 is 0. The van der Waals surface area contributed by atoms with Crippen LogP contribution in [0.15, 0.2) is 108 Å². The molecule has 1 N–H and O–H groups in total. The van der Waals surface area contributed by atoms with Crippen molar-refractivity contribution in [3.63, 3.8) is 0 Å². The maximum absolute atomic E-state index is 14.1. The molecule has 0 saturated heterocycles. The molecule has 5 aromatic rings. The second-order valence-corrected chi connectivity index (χ2v) is 9.81. The van der Waals surface area contributed by atoms with Gasteiger partial charge in [0.25, 0.3) is 5.56 Å². The maximum Gasteiger partial charge on any atom is 0.418 e. The van der Waals surface area contributed by atoms with Gasteiger partial charge >= 0.3 is 12.2 Å². The minimum absolute atomic E-state index is 0.0357. The Hall–Kier alpha value is -5.12. The standard InChI is InChI=1S/C33H29F3N4O3/c1-3-27(30-37-25-17-9-7-15-23(25)31(41)40(30)28-19-11-12-20-29(28)43-2)39(21-22-13-5-4-6-14-22)32(42)38-26-18-10-8-16-24(26)33(34,35)36/h4-20,27H,3,21H2,1-2H3,(H,38,42). The zero-order valence-electron chi connectivity index (χ0n) is 23.5. The summed E-state index contributed by atoms with van der Waals surface area (Å²) in [5.74, 6) is 0.654. The number of halogens is 3. The smallest absolute Gasteiger partial charge is 0.418 e. The number of carbonyl (C=O) groups excluding carboxylic acids is 1. The molecule has 2 amide bonds. The minimum Gasteiger partial charge on any atom is -0.495 e. The summed E-state index contributed by atoms with van der Waals surface area (Å²) in [6.45, 7) is 1.86. The van der Waals surface area contributed by atoms with E-state index in [1.807, 2.05) is 37.3 Å². The van der Waals surface area contributed by atoms with Gasteiger partial charge in [0.2, 0.25) is 0 Å². The highest BCUT2D eigenvalue weighted by Crippen LogP contribution is 2.36. The van der Waals surface area contributed by atoms with Gasteiger partial charge in [-0.25, -0.2) is 9.78 Å². The lowest BCUT2D eigenvalue weighted by Crippen LogP contribution is -2.40. The molecule has 0 fully saturated rings. The van der Waals surface area contributed by atoms with Gasteiger partial charge in [-0.3, -0.25) is 9.36 Å². The van der Waals surface area contributed by atoms with Gasteiger partial charge in [0.05, 0.1) is 41.0 Å². The molecule has 4 aromatic carbocycles. The first kappa shape index (κ1) is 29.4. The molecule has 0 aliphatic heterocycles. The van der Waals surface area contributed by atoms with Crippen molar-refractivity contribution in [3.8, 4) is 11.4 Å². The summed E-state index contributed by atoms with van der Waals surface area (Å²) in [5, 5.41) is 2.85. The normalized spacial score (nSPS) is 12.1. The van der Waals surface area contributed by atoms with Crippen molar-refractivity contribution in [1.82, 2.24) is 14.5 Å². The topological polar surface area (TPSA) is 76.5 Å². The van der Waals surface area contributed by atoms with Crippen LogP contribution in [0.2, 0.25) is 0 Å². The van der Waals surface area contributed by atoms with Gasteiger partial charge in [-0.1, -0.05) is 73.7 Å². The molecule has 10 heteroatoms. The van der Waals surface area contributed by atoms with E-state index in [-0.39, 0.29) is 23.6 Å². The molecule has 43 heavy (non-hydrogen) atoms. The minimum atomic E-state index is -4.68. The first-order valence-electron chi connectivity index (χ1n) is 13.7. The van der Waals surface area contributed by atoms with Crippen LogP contribution in [0, 0.1) is 0 Å². The number of ether oxygens (including phenoxy) is 1. The fourth-order valence-corrected chi connectivity index (χ4v) is 5.09. The molecule has 0 radical (unpaired) electrons. The number of rotatable bonds is 8. The quantitative estimate of drug-likeness (QED) is 0.203. The average molecular weight is 587 g/mol. The molecule has 7 nitrogen and oxygen atoms in total. The van der Waals surface area contributed by atoms with E-state index >= 15 is 0 Å². The van der Waals surface area contributed by atoms with Crippen LogP contribution in [-0.2, 0) is 12.7 Å². The highest BCUT2D eigenvalue weighted by atomic mass is 19.4. The summed E-state index contributed by atoms with van der Waals surface area (Å²) in [6, 6.07) is 26.1. The summed E-state index contributed by atoms with van der Waals surface area (Å²) in [4.78, 5) is 34.3. The van der Waals surface area contributed by atoms with Crippen molar-refractivity contribution >= 4 is 22.6 Å². The SMILES string of the molecule is CCC(c1nc2ccccc2c(=O)n1-c1ccccc1OC)N(Cc1ccccc1)C(=O)Nc1ccccc1C(F)(F)F. The van der Waals surface area contributed by atoms with Crippen molar-refractivity contribution in [3.05, 3.63) is 130 Å².